The molecule has 1 aromatic rings. The van der Waals surface area contributed by atoms with Crippen molar-refractivity contribution < 1.29 is 0 Å². The molecule has 0 aromatic carbocycles. The third kappa shape index (κ3) is 2.52. The Kier molecular flexibility index (Phi) is 3.43. The SMILES string of the molecule is NC1CCCc2nc(CC3CCSCC3)cn21. The fraction of sp³-hybridized carbons (Fsp3) is 0.769. The van der Waals surface area contributed by atoms with Gasteiger partial charge in [0.2, 0.25) is 0 Å². The van der Waals surface area contributed by atoms with Crippen LogP contribution < -0.4 is 5.73 Å². The molecule has 2 aliphatic rings. The molecule has 0 amide bonds. The minimum atomic E-state index is 0.168. The van der Waals surface area contributed by atoms with E-state index in [2.05, 4.69) is 22.5 Å². The van der Waals surface area contributed by atoms with E-state index < -0.39 is 0 Å². The molecule has 1 aromatic heterocycles. The normalized spacial score (nSPS) is 25.8. The molecule has 1 saturated heterocycles. The highest BCUT2D eigenvalue weighted by atomic mass is 32.2. The van der Waals surface area contributed by atoms with Gasteiger partial charge in [-0.3, -0.25) is 0 Å². The van der Waals surface area contributed by atoms with Crippen LogP contribution in [0.1, 0.15) is 43.4 Å². The van der Waals surface area contributed by atoms with Crippen molar-refractivity contribution in [3.05, 3.63) is 17.7 Å². The van der Waals surface area contributed by atoms with Crippen molar-refractivity contribution in [2.24, 2.45) is 11.7 Å². The molecular weight excluding hydrogens is 230 g/mol. The predicted molar refractivity (Wildman–Crippen MR) is 72.1 cm³/mol. The van der Waals surface area contributed by atoms with Gasteiger partial charge in [-0.15, -0.1) is 0 Å². The largest absolute Gasteiger partial charge is 0.319 e. The average molecular weight is 251 g/mol. The summed E-state index contributed by atoms with van der Waals surface area (Å²) < 4.78 is 2.20. The van der Waals surface area contributed by atoms with Gasteiger partial charge in [0.05, 0.1) is 11.9 Å². The molecule has 0 saturated carbocycles. The van der Waals surface area contributed by atoms with Gasteiger partial charge in [-0.05, 0) is 49.5 Å². The summed E-state index contributed by atoms with van der Waals surface area (Å²) in [5.74, 6) is 4.73. The van der Waals surface area contributed by atoms with Gasteiger partial charge in [0.1, 0.15) is 5.82 Å². The van der Waals surface area contributed by atoms with Gasteiger partial charge in [-0.1, -0.05) is 0 Å². The van der Waals surface area contributed by atoms with Crippen LogP contribution in [0.2, 0.25) is 0 Å². The van der Waals surface area contributed by atoms with E-state index in [4.69, 9.17) is 10.7 Å². The number of aromatic nitrogens is 2. The molecule has 0 spiro atoms. The zero-order valence-corrected chi connectivity index (χ0v) is 11.1. The van der Waals surface area contributed by atoms with E-state index in [1.807, 2.05) is 0 Å². The molecule has 17 heavy (non-hydrogen) atoms. The van der Waals surface area contributed by atoms with Crippen LogP contribution in [0.5, 0.6) is 0 Å². The van der Waals surface area contributed by atoms with Gasteiger partial charge in [-0.25, -0.2) is 4.98 Å². The van der Waals surface area contributed by atoms with Crippen LogP contribution >= 0.6 is 11.8 Å². The highest BCUT2D eigenvalue weighted by molar-refractivity contribution is 7.99. The van der Waals surface area contributed by atoms with Crippen molar-refractivity contribution in [2.45, 2.75) is 44.7 Å². The molecule has 2 aliphatic heterocycles. The summed E-state index contributed by atoms with van der Waals surface area (Å²) in [4.78, 5) is 4.77. The Hall–Kier alpha value is -0.480. The molecule has 1 unspecified atom stereocenters. The van der Waals surface area contributed by atoms with Gasteiger partial charge >= 0.3 is 0 Å². The maximum absolute atomic E-state index is 6.11. The van der Waals surface area contributed by atoms with Crippen LogP contribution in [0.4, 0.5) is 0 Å². The molecule has 0 aliphatic carbocycles. The number of fused-ring (bicyclic) bond motifs is 1. The van der Waals surface area contributed by atoms with E-state index in [9.17, 15) is 0 Å². The van der Waals surface area contributed by atoms with Crippen LogP contribution in [0.15, 0.2) is 6.20 Å². The first-order valence-corrected chi connectivity index (χ1v) is 7.88. The number of rotatable bonds is 2. The maximum atomic E-state index is 6.11. The number of hydrogen-bond donors (Lipinski definition) is 1. The Morgan fingerprint density at radius 3 is 2.94 bits per heavy atom. The Bertz CT molecular complexity index is 382. The van der Waals surface area contributed by atoms with Crippen molar-refractivity contribution in [2.75, 3.05) is 11.5 Å². The van der Waals surface area contributed by atoms with Crippen LogP contribution in [0.25, 0.3) is 0 Å². The molecule has 2 N–H and O–H groups in total. The molecule has 3 rings (SSSR count). The lowest BCUT2D eigenvalue weighted by molar-refractivity contribution is 0.408. The third-order valence-corrected chi connectivity index (χ3v) is 5.00. The lowest BCUT2D eigenvalue weighted by Crippen LogP contribution is -2.24. The highest BCUT2D eigenvalue weighted by Gasteiger charge is 2.20. The number of imidazole rings is 1. The second-order valence-corrected chi connectivity index (χ2v) is 6.50. The summed E-state index contributed by atoms with van der Waals surface area (Å²) in [7, 11) is 0. The molecule has 3 heterocycles. The predicted octanol–water partition coefficient (Wildman–Crippen LogP) is 2.36. The van der Waals surface area contributed by atoms with Crippen molar-refractivity contribution in [3.8, 4) is 0 Å². The lowest BCUT2D eigenvalue weighted by Gasteiger charge is -2.20. The summed E-state index contributed by atoms with van der Waals surface area (Å²) in [6, 6.07) is 0. The molecule has 1 fully saturated rings. The Balaban J connectivity index is 1.71. The van der Waals surface area contributed by atoms with E-state index in [1.165, 1.54) is 42.3 Å². The number of hydrogen-bond acceptors (Lipinski definition) is 3. The van der Waals surface area contributed by atoms with E-state index >= 15 is 0 Å². The Labute approximate surface area is 107 Å². The van der Waals surface area contributed by atoms with Gasteiger partial charge in [-0.2, -0.15) is 11.8 Å². The fourth-order valence-corrected chi connectivity index (χ4v) is 4.12. The van der Waals surface area contributed by atoms with Crippen LogP contribution in [-0.2, 0) is 12.8 Å². The molecule has 0 bridgehead atoms. The topological polar surface area (TPSA) is 43.8 Å². The van der Waals surface area contributed by atoms with E-state index in [0.717, 1.165) is 25.2 Å². The first-order chi connectivity index (χ1) is 8.33. The standard InChI is InChI=1S/C13H21N3S/c14-12-2-1-3-13-15-11(9-16(12)13)8-10-4-6-17-7-5-10/h9-10,12H,1-8,14H2. The van der Waals surface area contributed by atoms with Crippen LogP contribution in [0, 0.1) is 5.92 Å². The minimum absolute atomic E-state index is 0.168. The van der Waals surface area contributed by atoms with Crippen LogP contribution in [0.3, 0.4) is 0 Å². The molecule has 94 valence electrons. The van der Waals surface area contributed by atoms with Gasteiger partial charge in [0.25, 0.3) is 0 Å². The maximum Gasteiger partial charge on any atom is 0.110 e. The number of aryl methyl sites for hydroxylation is 1. The Morgan fingerprint density at radius 1 is 1.35 bits per heavy atom. The van der Waals surface area contributed by atoms with E-state index in [-0.39, 0.29) is 6.17 Å². The van der Waals surface area contributed by atoms with Crippen molar-refractivity contribution in [1.29, 1.82) is 0 Å². The number of nitrogens with two attached hydrogens (primary N) is 1. The second kappa shape index (κ2) is 5.02. The zero-order valence-electron chi connectivity index (χ0n) is 10.3. The highest BCUT2D eigenvalue weighted by Crippen LogP contribution is 2.27. The molecule has 0 radical (unpaired) electrons. The van der Waals surface area contributed by atoms with E-state index in [1.54, 1.807) is 0 Å². The summed E-state index contributed by atoms with van der Waals surface area (Å²) in [5, 5.41) is 0. The van der Waals surface area contributed by atoms with Crippen molar-refractivity contribution >= 4 is 11.8 Å². The fourth-order valence-electron chi connectivity index (χ4n) is 2.91. The van der Waals surface area contributed by atoms with Crippen LogP contribution in [-0.4, -0.2) is 21.1 Å². The summed E-state index contributed by atoms with van der Waals surface area (Å²) >= 11 is 2.09. The zero-order chi connectivity index (χ0) is 11.7. The first kappa shape index (κ1) is 11.6. The van der Waals surface area contributed by atoms with Crippen molar-refractivity contribution in [1.82, 2.24) is 9.55 Å². The lowest BCUT2D eigenvalue weighted by atomic mass is 9.97. The smallest absolute Gasteiger partial charge is 0.110 e. The third-order valence-electron chi connectivity index (χ3n) is 3.96. The first-order valence-electron chi connectivity index (χ1n) is 6.73. The summed E-state index contributed by atoms with van der Waals surface area (Å²) in [6.45, 7) is 0. The monoisotopic (exact) mass is 251 g/mol. The molecule has 4 heteroatoms. The quantitative estimate of drug-likeness (QED) is 0.877. The number of thioether (sulfide) groups is 1. The van der Waals surface area contributed by atoms with Crippen molar-refractivity contribution in [3.63, 3.8) is 0 Å². The molecular formula is C13H21N3S. The summed E-state index contributed by atoms with van der Waals surface area (Å²) in [6.07, 6.45) is 9.66. The molecule has 1 atom stereocenters. The van der Waals surface area contributed by atoms with E-state index in [0.29, 0.717) is 0 Å². The van der Waals surface area contributed by atoms with Gasteiger partial charge in [0.15, 0.2) is 0 Å². The molecule has 3 nitrogen and oxygen atoms in total. The van der Waals surface area contributed by atoms with Gasteiger partial charge in [0, 0.05) is 12.6 Å². The summed E-state index contributed by atoms with van der Waals surface area (Å²) in [5.41, 5.74) is 7.38. The average Bonchev–Trinajstić information content (AvgIpc) is 2.74. The minimum Gasteiger partial charge on any atom is -0.319 e. The second-order valence-electron chi connectivity index (χ2n) is 5.28. The van der Waals surface area contributed by atoms with Gasteiger partial charge < -0.3 is 10.3 Å². The number of nitrogens with zero attached hydrogens (tertiary/aromatic N) is 2. The Morgan fingerprint density at radius 2 is 2.18 bits per heavy atom.